The molecule has 0 heterocycles. The van der Waals surface area contributed by atoms with Gasteiger partial charge in [-0.05, 0) is 25.7 Å². The summed E-state index contributed by atoms with van der Waals surface area (Å²) >= 11 is 0. The van der Waals surface area contributed by atoms with Crippen molar-refractivity contribution in [1.29, 1.82) is 0 Å². The molecule has 4 heteroatoms. The maximum Gasteiger partial charge on any atom is 0.191 e. The largest absolute Gasteiger partial charge is 0.354 e. The Morgan fingerprint density at radius 2 is 2.00 bits per heavy atom. The van der Waals surface area contributed by atoms with E-state index in [1.807, 2.05) is 7.05 Å². The number of nitrogens with zero attached hydrogens (tertiary/aromatic N) is 1. The van der Waals surface area contributed by atoms with Gasteiger partial charge in [-0.2, -0.15) is 0 Å². The van der Waals surface area contributed by atoms with Crippen molar-refractivity contribution >= 4 is 29.9 Å². The smallest absolute Gasteiger partial charge is 0.191 e. The Balaban J connectivity index is 0.00000289. The summed E-state index contributed by atoms with van der Waals surface area (Å²) in [5.74, 6) is 1.79. The number of hydrogen-bond acceptors (Lipinski definition) is 1. The Bertz CT molecular complexity index is 243. The predicted octanol–water partition coefficient (Wildman–Crippen LogP) is 3.54. The van der Waals surface area contributed by atoms with Crippen LogP contribution in [0.4, 0.5) is 0 Å². The maximum atomic E-state index is 4.28. The summed E-state index contributed by atoms with van der Waals surface area (Å²) in [4.78, 5) is 4.28. The van der Waals surface area contributed by atoms with E-state index in [1.165, 1.54) is 38.5 Å². The zero-order valence-electron chi connectivity index (χ0n) is 12.3. The molecule has 3 nitrogen and oxygen atoms in total. The standard InChI is InChI=1S/C14H29N3.HI/c1-5-6-7-8-9-12(3)16-14(15-4)17-13-10-11(13)2;/h11-13H,5-10H2,1-4H3,(H2,15,16,17);1H. The van der Waals surface area contributed by atoms with Crippen LogP contribution in [0, 0.1) is 5.92 Å². The van der Waals surface area contributed by atoms with Gasteiger partial charge in [0.15, 0.2) is 5.96 Å². The van der Waals surface area contributed by atoms with Crippen LogP contribution in [0.5, 0.6) is 0 Å². The van der Waals surface area contributed by atoms with Crippen molar-refractivity contribution in [3.8, 4) is 0 Å². The van der Waals surface area contributed by atoms with Crippen LogP contribution >= 0.6 is 24.0 Å². The zero-order chi connectivity index (χ0) is 12.7. The first-order chi connectivity index (χ1) is 8.17. The van der Waals surface area contributed by atoms with Crippen molar-refractivity contribution in [3.05, 3.63) is 0 Å². The summed E-state index contributed by atoms with van der Waals surface area (Å²) in [5.41, 5.74) is 0. The molecular weight excluding hydrogens is 337 g/mol. The van der Waals surface area contributed by atoms with Crippen molar-refractivity contribution in [1.82, 2.24) is 10.6 Å². The fourth-order valence-corrected chi connectivity index (χ4v) is 2.05. The van der Waals surface area contributed by atoms with Gasteiger partial charge in [-0.25, -0.2) is 0 Å². The zero-order valence-corrected chi connectivity index (χ0v) is 14.7. The Morgan fingerprint density at radius 1 is 1.33 bits per heavy atom. The SMILES string of the molecule is CCCCCCC(C)NC(=NC)NC1CC1C.I. The number of rotatable bonds is 7. The molecular formula is C14H30IN3. The number of unbranched alkanes of at least 4 members (excludes halogenated alkanes) is 3. The molecule has 1 rings (SSSR count). The molecule has 0 amide bonds. The van der Waals surface area contributed by atoms with Crippen LogP contribution in [0.15, 0.2) is 4.99 Å². The minimum atomic E-state index is 0. The van der Waals surface area contributed by atoms with E-state index in [-0.39, 0.29) is 24.0 Å². The van der Waals surface area contributed by atoms with Crippen LogP contribution in [0.25, 0.3) is 0 Å². The van der Waals surface area contributed by atoms with Gasteiger partial charge >= 0.3 is 0 Å². The third-order valence-corrected chi connectivity index (χ3v) is 3.53. The van der Waals surface area contributed by atoms with Gasteiger partial charge in [0, 0.05) is 19.1 Å². The Hall–Kier alpha value is 0. The summed E-state index contributed by atoms with van der Waals surface area (Å²) in [5, 5.41) is 6.94. The fourth-order valence-electron chi connectivity index (χ4n) is 2.05. The summed E-state index contributed by atoms with van der Waals surface area (Å²) in [6, 6.07) is 1.17. The van der Waals surface area contributed by atoms with Gasteiger partial charge in [-0.1, -0.05) is 39.5 Å². The second-order valence-electron chi connectivity index (χ2n) is 5.43. The van der Waals surface area contributed by atoms with Crippen molar-refractivity contribution in [3.63, 3.8) is 0 Å². The van der Waals surface area contributed by atoms with Crippen LogP contribution in [0.1, 0.15) is 59.3 Å². The molecule has 1 fully saturated rings. The molecule has 0 spiro atoms. The molecule has 0 aromatic rings. The van der Waals surface area contributed by atoms with Crippen molar-refractivity contribution in [2.45, 2.75) is 71.4 Å². The Kier molecular flexibility index (Phi) is 9.87. The van der Waals surface area contributed by atoms with Crippen molar-refractivity contribution in [2.75, 3.05) is 7.05 Å². The van der Waals surface area contributed by atoms with Gasteiger partial charge in [0.25, 0.3) is 0 Å². The lowest BCUT2D eigenvalue weighted by Crippen LogP contribution is -2.43. The molecule has 0 aromatic carbocycles. The fraction of sp³-hybridized carbons (Fsp3) is 0.929. The Morgan fingerprint density at radius 3 is 2.50 bits per heavy atom. The highest BCUT2D eigenvalue weighted by Crippen LogP contribution is 2.28. The van der Waals surface area contributed by atoms with Gasteiger partial charge in [0.1, 0.15) is 0 Å². The predicted molar refractivity (Wildman–Crippen MR) is 90.8 cm³/mol. The summed E-state index contributed by atoms with van der Waals surface area (Å²) in [6.07, 6.45) is 7.86. The van der Waals surface area contributed by atoms with Gasteiger partial charge in [0.05, 0.1) is 0 Å². The van der Waals surface area contributed by atoms with Crippen LogP contribution < -0.4 is 10.6 Å². The number of guanidine groups is 1. The van der Waals surface area contributed by atoms with Crippen LogP contribution in [-0.4, -0.2) is 25.1 Å². The monoisotopic (exact) mass is 367 g/mol. The molecule has 1 aliphatic carbocycles. The molecule has 0 aromatic heterocycles. The number of hydrogen-bond donors (Lipinski definition) is 2. The lowest BCUT2D eigenvalue weighted by Gasteiger charge is -2.17. The molecule has 0 radical (unpaired) electrons. The minimum Gasteiger partial charge on any atom is -0.354 e. The molecule has 108 valence electrons. The van der Waals surface area contributed by atoms with E-state index in [2.05, 4.69) is 36.4 Å². The summed E-state index contributed by atoms with van der Waals surface area (Å²) in [6.45, 7) is 6.78. The topological polar surface area (TPSA) is 36.4 Å². The minimum absolute atomic E-state index is 0. The lowest BCUT2D eigenvalue weighted by molar-refractivity contribution is 0.536. The number of nitrogens with one attached hydrogen (secondary N) is 2. The summed E-state index contributed by atoms with van der Waals surface area (Å²) in [7, 11) is 1.85. The third kappa shape index (κ3) is 7.44. The van der Waals surface area contributed by atoms with E-state index in [4.69, 9.17) is 0 Å². The third-order valence-electron chi connectivity index (χ3n) is 3.53. The highest BCUT2D eigenvalue weighted by atomic mass is 127. The van der Waals surface area contributed by atoms with Crippen LogP contribution in [0.2, 0.25) is 0 Å². The molecule has 0 saturated heterocycles. The second-order valence-corrected chi connectivity index (χ2v) is 5.43. The van der Waals surface area contributed by atoms with Crippen LogP contribution in [0.3, 0.4) is 0 Å². The van der Waals surface area contributed by atoms with Gasteiger partial charge in [-0.3, -0.25) is 4.99 Å². The molecule has 0 bridgehead atoms. The van der Waals surface area contributed by atoms with E-state index in [0.717, 1.165) is 11.9 Å². The van der Waals surface area contributed by atoms with E-state index in [9.17, 15) is 0 Å². The molecule has 3 atom stereocenters. The first-order valence-electron chi connectivity index (χ1n) is 7.17. The van der Waals surface area contributed by atoms with Gasteiger partial charge < -0.3 is 10.6 Å². The molecule has 3 unspecified atom stereocenters. The van der Waals surface area contributed by atoms with Crippen molar-refractivity contribution in [2.24, 2.45) is 10.9 Å². The highest BCUT2D eigenvalue weighted by molar-refractivity contribution is 14.0. The van der Waals surface area contributed by atoms with Crippen LogP contribution in [-0.2, 0) is 0 Å². The molecule has 18 heavy (non-hydrogen) atoms. The summed E-state index contributed by atoms with van der Waals surface area (Å²) < 4.78 is 0. The normalized spacial score (nSPS) is 24.1. The highest BCUT2D eigenvalue weighted by Gasteiger charge is 2.33. The quantitative estimate of drug-likeness (QED) is 0.313. The van der Waals surface area contributed by atoms with E-state index >= 15 is 0 Å². The first-order valence-corrected chi connectivity index (χ1v) is 7.17. The average Bonchev–Trinajstić information content (AvgIpc) is 2.99. The second kappa shape index (κ2) is 9.87. The molecule has 0 aliphatic heterocycles. The molecule has 1 saturated carbocycles. The first kappa shape index (κ1) is 18.0. The van der Waals surface area contributed by atoms with Gasteiger partial charge in [-0.15, -0.1) is 24.0 Å². The average molecular weight is 367 g/mol. The van der Waals surface area contributed by atoms with Gasteiger partial charge in [0.2, 0.25) is 0 Å². The molecule has 1 aliphatic rings. The number of halogens is 1. The van der Waals surface area contributed by atoms with E-state index in [1.54, 1.807) is 0 Å². The Labute approximate surface area is 130 Å². The molecule has 2 N–H and O–H groups in total. The van der Waals surface area contributed by atoms with E-state index < -0.39 is 0 Å². The van der Waals surface area contributed by atoms with Crippen molar-refractivity contribution < 1.29 is 0 Å². The maximum absolute atomic E-state index is 4.28. The van der Waals surface area contributed by atoms with E-state index in [0.29, 0.717) is 12.1 Å². The number of aliphatic imine (C=N–C) groups is 1. The lowest BCUT2D eigenvalue weighted by atomic mass is 10.1.